The van der Waals surface area contributed by atoms with E-state index in [1.807, 2.05) is 63.3 Å². The molecular weight excluding hydrogens is 670 g/mol. The largest absolute Gasteiger partial charge is 0.478 e. The van der Waals surface area contributed by atoms with Gasteiger partial charge >= 0.3 is 5.97 Å². The third-order valence-electron chi connectivity index (χ3n) is 15.2. The number of allylic oxidation sites excluding steroid dienone is 1. The van der Waals surface area contributed by atoms with Crippen molar-refractivity contribution in [3.8, 4) is 0 Å². The Morgan fingerprint density at radius 2 is 1.70 bits per heavy atom. The zero-order valence-electron chi connectivity index (χ0n) is 32.1. The highest BCUT2D eigenvalue weighted by molar-refractivity contribution is 6.03. The number of carboxylic acid groups (broad SMARTS) is 1. The van der Waals surface area contributed by atoms with E-state index in [1.54, 1.807) is 0 Å². The number of aliphatic imine (C=N–C) groups is 1. The van der Waals surface area contributed by atoms with E-state index in [2.05, 4.69) is 18.8 Å². The molecule has 10 heteroatoms. The molecule has 3 saturated carbocycles. The van der Waals surface area contributed by atoms with E-state index in [0.29, 0.717) is 43.3 Å². The summed E-state index contributed by atoms with van der Waals surface area (Å²) in [6.07, 6.45) is 6.02. The SMILES string of the molecule is C/C(=C\[C@@H](O)[C@H](CN=C(N)N)[C@H]1CCCC[C@@H]2C(=O)C3=C([C@H](O)[C@H](/C=C/c4ccccc4)[C@@H]4C(C)(C)C(=O)CC[C@]34C)[C@]3(C)[C@@H](O)C[C@H]1[C@@]23C)C(=O)O. The topological polar surface area (TPSA) is 197 Å². The number of benzene rings is 1. The first-order valence-electron chi connectivity index (χ1n) is 19.4. The lowest BCUT2D eigenvalue weighted by Crippen LogP contribution is -2.65. The van der Waals surface area contributed by atoms with Gasteiger partial charge in [-0.05, 0) is 73.0 Å². The van der Waals surface area contributed by atoms with Gasteiger partial charge in [-0.1, -0.05) is 89.9 Å². The second kappa shape index (κ2) is 13.9. The van der Waals surface area contributed by atoms with Crippen LogP contribution in [0.2, 0.25) is 0 Å². The molecule has 5 aliphatic carbocycles. The van der Waals surface area contributed by atoms with E-state index in [4.69, 9.17) is 11.5 Å². The fourth-order valence-electron chi connectivity index (χ4n) is 12.5. The number of hydrogen-bond donors (Lipinski definition) is 6. The van der Waals surface area contributed by atoms with E-state index >= 15 is 4.79 Å². The summed E-state index contributed by atoms with van der Waals surface area (Å²) in [4.78, 5) is 45.4. The first kappa shape index (κ1) is 39.1. The van der Waals surface area contributed by atoms with Crippen LogP contribution in [-0.4, -0.2) is 68.8 Å². The van der Waals surface area contributed by atoms with Crippen LogP contribution in [-0.2, 0) is 14.4 Å². The summed E-state index contributed by atoms with van der Waals surface area (Å²) in [6.45, 7) is 11.6. The van der Waals surface area contributed by atoms with Crippen LogP contribution in [0.15, 0.2) is 64.2 Å². The van der Waals surface area contributed by atoms with E-state index in [9.17, 15) is 30.0 Å². The van der Waals surface area contributed by atoms with Crippen LogP contribution in [0, 0.1) is 57.2 Å². The molecule has 6 rings (SSSR count). The lowest BCUT2D eigenvalue weighted by atomic mass is 9.38. The Morgan fingerprint density at radius 1 is 1.04 bits per heavy atom. The maximum Gasteiger partial charge on any atom is 0.331 e. The summed E-state index contributed by atoms with van der Waals surface area (Å²) in [5, 5.41) is 46.8. The number of rotatable bonds is 8. The molecule has 0 bridgehead atoms. The fraction of sp³-hybridized carbons (Fsp3) is 0.628. The molecule has 8 N–H and O–H groups in total. The van der Waals surface area contributed by atoms with Gasteiger partial charge in [0, 0.05) is 58.1 Å². The zero-order valence-corrected chi connectivity index (χ0v) is 32.1. The number of aliphatic carboxylic acids is 1. The normalized spacial score (nSPS) is 39.3. The van der Waals surface area contributed by atoms with Crippen molar-refractivity contribution in [2.75, 3.05) is 6.54 Å². The minimum Gasteiger partial charge on any atom is -0.478 e. The minimum absolute atomic E-state index is 0.00215. The number of nitrogens with zero attached hydrogens (tertiary/aromatic N) is 1. The fourth-order valence-corrected chi connectivity index (χ4v) is 12.5. The number of ketones is 2. The molecule has 0 aliphatic heterocycles. The van der Waals surface area contributed by atoms with E-state index < -0.39 is 63.7 Å². The van der Waals surface area contributed by atoms with Gasteiger partial charge in [-0.25, -0.2) is 4.79 Å². The molecule has 0 radical (unpaired) electrons. The number of carboxylic acids is 1. The van der Waals surface area contributed by atoms with Gasteiger partial charge in [-0.15, -0.1) is 0 Å². The number of nitrogens with two attached hydrogens (primary N) is 2. The highest BCUT2D eigenvalue weighted by Crippen LogP contribution is 2.75. The van der Waals surface area contributed by atoms with Crippen LogP contribution in [0.1, 0.15) is 92.1 Å². The standard InChI is InChI=1S/C43H59N3O7/c1-23(38(52)53)20-30(47)27(22-46-39(44)45)25-14-10-11-15-28-36(51)33-34(43(6)32(49)21-29(25)42(28,43)5)35(50)26(17-16-24-12-8-7-9-13-24)37-40(2,3)31(48)18-19-41(33,37)4/h7-9,12-13,16-17,20,25-30,32,35,37,47,49-50H,10-11,14-15,18-19,21-22H2,1-6H3,(H,52,53)(H4,44,45,46)/b17-16+,23-20+/t25-,26+,27-,28-,29-,30-,32+,35-,37-,41-,42-,43+/m1/s1. The molecule has 0 unspecified atom stereocenters. The van der Waals surface area contributed by atoms with Crippen molar-refractivity contribution in [3.63, 3.8) is 0 Å². The van der Waals surface area contributed by atoms with Crippen molar-refractivity contribution < 1.29 is 34.8 Å². The Bertz CT molecular complexity index is 1760. The monoisotopic (exact) mass is 729 g/mol. The Kier molecular flexibility index (Phi) is 10.3. The molecule has 0 amide bonds. The lowest BCUT2D eigenvalue weighted by Gasteiger charge is -2.65. The number of carbonyl (C=O) groups excluding carboxylic acids is 2. The van der Waals surface area contributed by atoms with Crippen LogP contribution in [0.4, 0.5) is 0 Å². The van der Waals surface area contributed by atoms with Gasteiger partial charge in [-0.3, -0.25) is 14.6 Å². The Balaban J connectivity index is 1.56. The molecule has 288 valence electrons. The Hall–Kier alpha value is -3.60. The van der Waals surface area contributed by atoms with Crippen LogP contribution in [0.25, 0.3) is 6.08 Å². The van der Waals surface area contributed by atoms with Crippen molar-refractivity contribution in [2.45, 2.75) is 105 Å². The number of carbonyl (C=O) groups is 3. The zero-order chi connectivity index (χ0) is 38.8. The molecule has 1 aromatic carbocycles. The second-order valence-corrected chi connectivity index (χ2v) is 17.9. The molecule has 12 atom stereocenters. The molecule has 3 fully saturated rings. The summed E-state index contributed by atoms with van der Waals surface area (Å²) < 4.78 is 0. The number of fused-ring (bicyclic) bond motifs is 3. The van der Waals surface area contributed by atoms with Gasteiger partial charge in [0.25, 0.3) is 0 Å². The number of guanidine groups is 1. The van der Waals surface area contributed by atoms with E-state index in [0.717, 1.165) is 18.4 Å². The summed E-state index contributed by atoms with van der Waals surface area (Å²) in [5.41, 5.74) is 10.3. The molecule has 10 nitrogen and oxygen atoms in total. The quantitative estimate of drug-likeness (QED) is 0.120. The van der Waals surface area contributed by atoms with Crippen LogP contribution in [0.3, 0.4) is 0 Å². The molecule has 5 aliphatic rings. The molecule has 0 heterocycles. The Labute approximate surface area is 313 Å². The van der Waals surface area contributed by atoms with Crippen molar-refractivity contribution in [1.82, 2.24) is 0 Å². The Morgan fingerprint density at radius 3 is 2.34 bits per heavy atom. The summed E-state index contributed by atoms with van der Waals surface area (Å²) in [7, 11) is 0. The lowest BCUT2D eigenvalue weighted by molar-refractivity contribution is -0.157. The van der Waals surface area contributed by atoms with Crippen molar-refractivity contribution in [1.29, 1.82) is 0 Å². The predicted octanol–water partition coefficient (Wildman–Crippen LogP) is 5.06. The van der Waals surface area contributed by atoms with Gasteiger partial charge in [0.15, 0.2) is 11.7 Å². The predicted molar refractivity (Wildman–Crippen MR) is 204 cm³/mol. The molecule has 0 spiro atoms. The third-order valence-corrected chi connectivity index (χ3v) is 15.2. The van der Waals surface area contributed by atoms with Crippen molar-refractivity contribution in [3.05, 3.63) is 64.8 Å². The average molecular weight is 730 g/mol. The van der Waals surface area contributed by atoms with Crippen molar-refractivity contribution in [2.24, 2.45) is 73.6 Å². The summed E-state index contributed by atoms with van der Waals surface area (Å²) in [5.74, 6) is -3.69. The first-order valence-corrected chi connectivity index (χ1v) is 19.4. The number of hydrogen-bond acceptors (Lipinski definition) is 7. The minimum atomic E-state index is -1.20. The van der Waals surface area contributed by atoms with Crippen LogP contribution < -0.4 is 11.5 Å². The average Bonchev–Trinajstić information content (AvgIpc) is 3.29. The number of aliphatic hydroxyl groups is 3. The number of aliphatic hydroxyl groups excluding tert-OH is 3. The van der Waals surface area contributed by atoms with Gasteiger partial charge in [0.05, 0.1) is 18.3 Å². The maximum absolute atomic E-state index is 15.5. The molecule has 0 saturated heterocycles. The van der Waals surface area contributed by atoms with Crippen LogP contribution in [0.5, 0.6) is 0 Å². The first-order chi connectivity index (χ1) is 24.8. The van der Waals surface area contributed by atoms with E-state index in [-0.39, 0.29) is 47.4 Å². The third kappa shape index (κ3) is 5.94. The summed E-state index contributed by atoms with van der Waals surface area (Å²) in [6, 6.07) is 9.83. The second-order valence-electron chi connectivity index (χ2n) is 17.9. The molecule has 0 aromatic heterocycles. The van der Waals surface area contributed by atoms with Gasteiger partial charge < -0.3 is 31.9 Å². The highest BCUT2D eigenvalue weighted by atomic mass is 16.4. The van der Waals surface area contributed by atoms with Crippen LogP contribution >= 0.6 is 0 Å². The van der Waals surface area contributed by atoms with Crippen molar-refractivity contribution >= 4 is 29.6 Å². The highest BCUT2D eigenvalue weighted by Gasteiger charge is 2.74. The van der Waals surface area contributed by atoms with Gasteiger partial charge in [0.2, 0.25) is 0 Å². The molecule has 53 heavy (non-hydrogen) atoms. The smallest absolute Gasteiger partial charge is 0.331 e. The maximum atomic E-state index is 15.5. The number of Topliss-reactive ketones (excluding diaryl/α,β-unsaturated/α-hetero) is 2. The van der Waals surface area contributed by atoms with Gasteiger partial charge in [0.1, 0.15) is 5.78 Å². The van der Waals surface area contributed by atoms with E-state index in [1.165, 1.54) is 13.0 Å². The summed E-state index contributed by atoms with van der Waals surface area (Å²) >= 11 is 0. The molecular formula is C43H59N3O7. The van der Waals surface area contributed by atoms with Gasteiger partial charge in [-0.2, -0.15) is 0 Å². The molecule has 1 aromatic rings.